The normalized spacial score (nSPS) is 57.6. The van der Waals surface area contributed by atoms with Gasteiger partial charge in [-0.25, -0.2) is 0 Å². The molecule has 4 unspecified atom stereocenters. The Morgan fingerprint density at radius 2 is 2.00 bits per heavy atom. The lowest BCUT2D eigenvalue weighted by Gasteiger charge is -2.33. The molecule has 3 rings (SSSR count). The van der Waals surface area contributed by atoms with Crippen LogP contribution in [0.25, 0.3) is 0 Å². The number of fused-ring (bicyclic) bond motifs is 3. The molecule has 1 aliphatic heterocycles. The molecule has 0 bridgehead atoms. The molecule has 4 atom stereocenters. The third kappa shape index (κ3) is 0.531. The molecular formula is C9H15N. The minimum absolute atomic E-state index is 0.957. The van der Waals surface area contributed by atoms with E-state index in [0.717, 1.165) is 23.8 Å². The van der Waals surface area contributed by atoms with Crippen LogP contribution in [0.3, 0.4) is 0 Å². The molecule has 0 aromatic carbocycles. The molecule has 1 saturated heterocycles. The third-order valence-corrected chi connectivity index (χ3v) is 3.95. The first-order valence-corrected chi connectivity index (χ1v) is 4.68. The first kappa shape index (κ1) is 5.59. The fraction of sp³-hybridized carbons (Fsp3) is 1.00. The summed E-state index contributed by atoms with van der Waals surface area (Å²) in [6.07, 6.45) is 6.10. The number of rotatable bonds is 0. The predicted molar refractivity (Wildman–Crippen MR) is 40.7 cm³/mol. The zero-order valence-electron chi connectivity index (χ0n) is 6.34. The molecular weight excluding hydrogens is 122 g/mol. The molecule has 2 aliphatic carbocycles. The first-order chi connectivity index (χ1) is 4.95. The van der Waals surface area contributed by atoms with E-state index in [1.165, 1.54) is 19.4 Å². The average Bonchev–Trinajstić information content (AvgIpc) is 2.35. The summed E-state index contributed by atoms with van der Waals surface area (Å²) < 4.78 is 0. The largest absolute Gasteiger partial charge is 0.313 e. The summed E-state index contributed by atoms with van der Waals surface area (Å²) in [7, 11) is 0. The molecule has 1 N–H and O–H groups in total. The number of hydrogen-bond donors (Lipinski definition) is 1. The van der Waals surface area contributed by atoms with Gasteiger partial charge in [-0.3, -0.25) is 0 Å². The summed E-state index contributed by atoms with van der Waals surface area (Å²) in [6.45, 7) is 1.30. The summed E-state index contributed by atoms with van der Waals surface area (Å²) >= 11 is 0. The lowest BCUT2D eigenvalue weighted by molar-refractivity contribution is 0.190. The SMILES string of the molecule is C1CC2CC3CCC3C2N1. The van der Waals surface area contributed by atoms with Gasteiger partial charge in [-0.1, -0.05) is 0 Å². The van der Waals surface area contributed by atoms with Crippen molar-refractivity contribution in [3.8, 4) is 0 Å². The van der Waals surface area contributed by atoms with Crippen molar-refractivity contribution in [2.75, 3.05) is 6.54 Å². The zero-order chi connectivity index (χ0) is 6.55. The van der Waals surface area contributed by atoms with Gasteiger partial charge in [-0.15, -0.1) is 0 Å². The highest BCUT2D eigenvalue weighted by atomic mass is 15.0. The van der Waals surface area contributed by atoms with Gasteiger partial charge in [-0.2, -0.15) is 0 Å². The summed E-state index contributed by atoms with van der Waals surface area (Å²) in [5, 5.41) is 3.65. The molecule has 2 saturated carbocycles. The zero-order valence-corrected chi connectivity index (χ0v) is 6.34. The van der Waals surface area contributed by atoms with E-state index in [2.05, 4.69) is 5.32 Å². The quantitative estimate of drug-likeness (QED) is 0.532. The van der Waals surface area contributed by atoms with Gasteiger partial charge < -0.3 is 5.32 Å². The molecule has 10 heavy (non-hydrogen) atoms. The monoisotopic (exact) mass is 137 g/mol. The average molecular weight is 137 g/mol. The van der Waals surface area contributed by atoms with E-state index in [9.17, 15) is 0 Å². The van der Waals surface area contributed by atoms with Crippen molar-refractivity contribution in [3.05, 3.63) is 0 Å². The first-order valence-electron chi connectivity index (χ1n) is 4.68. The lowest BCUT2D eigenvalue weighted by atomic mass is 9.75. The van der Waals surface area contributed by atoms with Gasteiger partial charge in [-0.05, 0) is 50.0 Å². The van der Waals surface area contributed by atoms with Crippen LogP contribution in [0, 0.1) is 17.8 Å². The van der Waals surface area contributed by atoms with Crippen LogP contribution in [0.15, 0.2) is 0 Å². The van der Waals surface area contributed by atoms with Gasteiger partial charge in [0.2, 0.25) is 0 Å². The maximum absolute atomic E-state index is 3.65. The van der Waals surface area contributed by atoms with Crippen molar-refractivity contribution in [2.45, 2.75) is 31.7 Å². The second-order valence-corrected chi connectivity index (χ2v) is 4.27. The molecule has 3 aliphatic rings. The molecule has 1 heterocycles. The molecule has 1 heteroatoms. The van der Waals surface area contributed by atoms with Crippen LogP contribution < -0.4 is 5.32 Å². The molecule has 0 spiro atoms. The Morgan fingerprint density at radius 1 is 1.00 bits per heavy atom. The highest BCUT2D eigenvalue weighted by molar-refractivity contribution is 5.03. The summed E-state index contributed by atoms with van der Waals surface area (Å²) in [5.41, 5.74) is 0. The Bertz CT molecular complexity index is 153. The molecule has 0 amide bonds. The van der Waals surface area contributed by atoms with Crippen LogP contribution >= 0.6 is 0 Å². The Labute approximate surface area is 62.2 Å². The standard InChI is InChI=1S/C9H15N/c1-2-8-6(1)5-7-3-4-10-9(7)8/h6-10H,1-5H2. The van der Waals surface area contributed by atoms with Crippen molar-refractivity contribution in [1.82, 2.24) is 5.32 Å². The van der Waals surface area contributed by atoms with Crippen molar-refractivity contribution in [1.29, 1.82) is 0 Å². The van der Waals surface area contributed by atoms with Crippen LogP contribution in [0.5, 0.6) is 0 Å². The van der Waals surface area contributed by atoms with Crippen molar-refractivity contribution >= 4 is 0 Å². The predicted octanol–water partition coefficient (Wildman–Crippen LogP) is 1.39. The second-order valence-electron chi connectivity index (χ2n) is 4.27. The van der Waals surface area contributed by atoms with Crippen LogP contribution in [-0.2, 0) is 0 Å². The fourth-order valence-electron chi connectivity index (χ4n) is 3.30. The van der Waals surface area contributed by atoms with Gasteiger partial charge in [0.1, 0.15) is 0 Å². The maximum atomic E-state index is 3.65. The topological polar surface area (TPSA) is 12.0 Å². The number of nitrogens with one attached hydrogen (secondary N) is 1. The molecule has 0 aromatic heterocycles. The molecule has 1 nitrogen and oxygen atoms in total. The molecule has 0 aromatic rings. The Balaban J connectivity index is 1.85. The van der Waals surface area contributed by atoms with Gasteiger partial charge in [0.15, 0.2) is 0 Å². The molecule has 3 fully saturated rings. The van der Waals surface area contributed by atoms with E-state index in [1.54, 1.807) is 12.8 Å². The molecule has 0 radical (unpaired) electrons. The summed E-state index contributed by atoms with van der Waals surface area (Å²) in [4.78, 5) is 0. The van der Waals surface area contributed by atoms with Gasteiger partial charge in [0.05, 0.1) is 0 Å². The van der Waals surface area contributed by atoms with E-state index in [0.29, 0.717) is 0 Å². The van der Waals surface area contributed by atoms with Crippen LogP contribution in [0.2, 0.25) is 0 Å². The lowest BCUT2D eigenvalue weighted by Crippen LogP contribution is -2.36. The molecule has 56 valence electrons. The van der Waals surface area contributed by atoms with Crippen molar-refractivity contribution in [3.63, 3.8) is 0 Å². The second kappa shape index (κ2) is 1.76. The van der Waals surface area contributed by atoms with Gasteiger partial charge in [0, 0.05) is 6.04 Å². The summed E-state index contributed by atoms with van der Waals surface area (Å²) in [5.74, 6) is 3.33. The van der Waals surface area contributed by atoms with Crippen molar-refractivity contribution in [2.24, 2.45) is 17.8 Å². The number of hydrogen-bond acceptors (Lipinski definition) is 1. The van der Waals surface area contributed by atoms with Crippen LogP contribution in [-0.4, -0.2) is 12.6 Å². The maximum Gasteiger partial charge on any atom is 0.0127 e. The highest BCUT2D eigenvalue weighted by Gasteiger charge is 2.49. The van der Waals surface area contributed by atoms with E-state index in [4.69, 9.17) is 0 Å². The highest BCUT2D eigenvalue weighted by Crippen LogP contribution is 2.51. The Kier molecular flexibility index (Phi) is 0.984. The van der Waals surface area contributed by atoms with Gasteiger partial charge in [0.25, 0.3) is 0 Å². The van der Waals surface area contributed by atoms with Crippen LogP contribution in [0.4, 0.5) is 0 Å². The minimum Gasteiger partial charge on any atom is -0.313 e. The smallest absolute Gasteiger partial charge is 0.0127 e. The van der Waals surface area contributed by atoms with E-state index >= 15 is 0 Å². The van der Waals surface area contributed by atoms with E-state index in [-0.39, 0.29) is 0 Å². The Morgan fingerprint density at radius 3 is 2.80 bits per heavy atom. The van der Waals surface area contributed by atoms with Gasteiger partial charge >= 0.3 is 0 Å². The minimum atomic E-state index is 0.957. The van der Waals surface area contributed by atoms with E-state index < -0.39 is 0 Å². The van der Waals surface area contributed by atoms with E-state index in [1.807, 2.05) is 0 Å². The Hall–Kier alpha value is -0.0400. The van der Waals surface area contributed by atoms with Crippen LogP contribution in [0.1, 0.15) is 25.7 Å². The third-order valence-electron chi connectivity index (χ3n) is 3.95. The summed E-state index contributed by atoms with van der Waals surface area (Å²) in [6, 6.07) is 0.957. The fourth-order valence-corrected chi connectivity index (χ4v) is 3.30. The van der Waals surface area contributed by atoms with Crippen molar-refractivity contribution < 1.29 is 0 Å².